The molecule has 1 aromatic rings. The molecule has 19 heavy (non-hydrogen) atoms. The lowest BCUT2D eigenvalue weighted by atomic mass is 9.82. The summed E-state index contributed by atoms with van der Waals surface area (Å²) in [6, 6.07) is 5.23. The molecule has 2 rings (SSSR count). The van der Waals surface area contributed by atoms with Crippen LogP contribution >= 0.6 is 23.2 Å². The van der Waals surface area contributed by atoms with Crippen LogP contribution in [0, 0.1) is 11.8 Å². The summed E-state index contributed by atoms with van der Waals surface area (Å²) in [5.74, 6) is 0.950. The van der Waals surface area contributed by atoms with E-state index in [0.717, 1.165) is 17.7 Å². The van der Waals surface area contributed by atoms with Gasteiger partial charge < -0.3 is 5.73 Å². The van der Waals surface area contributed by atoms with Gasteiger partial charge in [-0.05, 0) is 49.4 Å². The zero-order chi connectivity index (χ0) is 14.0. The van der Waals surface area contributed by atoms with Crippen molar-refractivity contribution in [1.82, 2.24) is 0 Å². The first-order chi connectivity index (χ1) is 9.02. The number of nitrogens with two attached hydrogens (primary N) is 1. The molecular formula is C14H19Cl2NOS. The molecule has 0 saturated heterocycles. The van der Waals surface area contributed by atoms with E-state index >= 15 is 0 Å². The van der Waals surface area contributed by atoms with Crippen molar-refractivity contribution in [2.24, 2.45) is 17.6 Å². The Morgan fingerprint density at radius 3 is 2.68 bits per heavy atom. The van der Waals surface area contributed by atoms with Gasteiger partial charge in [0.1, 0.15) is 0 Å². The topological polar surface area (TPSA) is 43.1 Å². The highest BCUT2D eigenvalue weighted by atomic mass is 35.5. The van der Waals surface area contributed by atoms with Gasteiger partial charge in [-0.2, -0.15) is 0 Å². The summed E-state index contributed by atoms with van der Waals surface area (Å²) in [5.41, 5.74) is 5.83. The average Bonchev–Trinajstić information content (AvgIpc) is 2.41. The molecule has 4 unspecified atom stereocenters. The summed E-state index contributed by atoms with van der Waals surface area (Å²) >= 11 is 11.9. The number of hydrogen-bond donors (Lipinski definition) is 1. The summed E-state index contributed by atoms with van der Waals surface area (Å²) in [5, 5.41) is 1.08. The minimum atomic E-state index is -1.06. The van der Waals surface area contributed by atoms with Gasteiger partial charge in [0.25, 0.3) is 0 Å². The summed E-state index contributed by atoms with van der Waals surface area (Å²) in [7, 11) is -1.06. The third kappa shape index (κ3) is 3.52. The van der Waals surface area contributed by atoms with E-state index in [0.29, 0.717) is 28.4 Å². The van der Waals surface area contributed by atoms with Gasteiger partial charge in [0.2, 0.25) is 0 Å². The van der Waals surface area contributed by atoms with Crippen LogP contribution in [-0.4, -0.2) is 16.0 Å². The summed E-state index contributed by atoms with van der Waals surface area (Å²) in [6.07, 6.45) is 3.21. The molecule has 2 nitrogen and oxygen atoms in total. The van der Waals surface area contributed by atoms with Crippen LogP contribution in [-0.2, 0) is 10.8 Å². The molecule has 1 aliphatic rings. The third-order valence-corrected chi connectivity index (χ3v) is 6.48. The van der Waals surface area contributed by atoms with E-state index in [1.165, 1.54) is 6.42 Å². The lowest BCUT2D eigenvalue weighted by molar-refractivity contribution is 0.302. The van der Waals surface area contributed by atoms with Gasteiger partial charge >= 0.3 is 0 Å². The SMILES string of the molecule is CC1CCC(CN)C(S(=O)c2ccc(Cl)c(Cl)c2)C1. The van der Waals surface area contributed by atoms with Crippen molar-refractivity contribution in [1.29, 1.82) is 0 Å². The van der Waals surface area contributed by atoms with Crippen molar-refractivity contribution in [3.05, 3.63) is 28.2 Å². The first kappa shape index (κ1) is 15.3. The van der Waals surface area contributed by atoms with Crippen molar-refractivity contribution in [3.63, 3.8) is 0 Å². The molecule has 106 valence electrons. The quantitative estimate of drug-likeness (QED) is 0.919. The van der Waals surface area contributed by atoms with Gasteiger partial charge in [0, 0.05) is 10.1 Å². The molecule has 1 aromatic carbocycles. The second kappa shape index (κ2) is 6.57. The van der Waals surface area contributed by atoms with E-state index in [-0.39, 0.29) is 5.25 Å². The van der Waals surface area contributed by atoms with Gasteiger partial charge in [0.05, 0.1) is 20.8 Å². The smallest absolute Gasteiger partial charge is 0.0604 e. The van der Waals surface area contributed by atoms with E-state index in [1.807, 2.05) is 0 Å². The molecule has 2 N–H and O–H groups in total. The predicted octanol–water partition coefficient (Wildman–Crippen LogP) is 3.86. The van der Waals surface area contributed by atoms with Crippen LogP contribution in [0.5, 0.6) is 0 Å². The van der Waals surface area contributed by atoms with Crippen LogP contribution in [0.1, 0.15) is 26.2 Å². The van der Waals surface area contributed by atoms with Crippen LogP contribution in [0.2, 0.25) is 10.0 Å². The second-order valence-electron chi connectivity index (χ2n) is 5.33. The Labute approximate surface area is 127 Å². The Hall–Kier alpha value is -0.0900. The van der Waals surface area contributed by atoms with Crippen molar-refractivity contribution in [2.45, 2.75) is 36.3 Å². The molecule has 1 aliphatic carbocycles. The summed E-state index contributed by atoms with van der Waals surface area (Å²) in [4.78, 5) is 0.756. The second-order valence-corrected chi connectivity index (χ2v) is 7.81. The van der Waals surface area contributed by atoms with Crippen molar-refractivity contribution >= 4 is 34.0 Å². The van der Waals surface area contributed by atoms with Gasteiger partial charge in [0.15, 0.2) is 0 Å². The number of hydrogen-bond acceptors (Lipinski definition) is 2. The molecule has 0 heterocycles. The Bertz CT molecular complexity index is 481. The summed E-state index contributed by atoms with van der Waals surface area (Å²) < 4.78 is 12.7. The average molecular weight is 320 g/mol. The molecular weight excluding hydrogens is 301 g/mol. The van der Waals surface area contributed by atoms with E-state index in [9.17, 15) is 4.21 Å². The zero-order valence-corrected chi connectivity index (χ0v) is 13.3. The van der Waals surface area contributed by atoms with E-state index in [4.69, 9.17) is 28.9 Å². The maximum absolute atomic E-state index is 12.7. The van der Waals surface area contributed by atoms with Gasteiger partial charge in [-0.1, -0.05) is 36.5 Å². The fourth-order valence-corrected chi connectivity index (χ4v) is 4.95. The first-order valence-corrected chi connectivity index (χ1v) is 8.55. The molecule has 0 amide bonds. The lowest BCUT2D eigenvalue weighted by Gasteiger charge is -2.33. The summed E-state index contributed by atoms with van der Waals surface area (Å²) in [6.45, 7) is 2.82. The maximum atomic E-state index is 12.7. The van der Waals surface area contributed by atoms with Gasteiger partial charge in [-0.3, -0.25) is 4.21 Å². The van der Waals surface area contributed by atoms with E-state index in [2.05, 4.69) is 6.92 Å². The highest BCUT2D eigenvalue weighted by Crippen LogP contribution is 2.35. The molecule has 1 saturated carbocycles. The van der Waals surface area contributed by atoms with Crippen molar-refractivity contribution in [3.8, 4) is 0 Å². The van der Waals surface area contributed by atoms with E-state index in [1.54, 1.807) is 18.2 Å². The predicted molar refractivity (Wildman–Crippen MR) is 82.2 cm³/mol. The highest BCUT2D eigenvalue weighted by Gasteiger charge is 2.32. The molecule has 0 radical (unpaired) electrons. The van der Waals surface area contributed by atoms with Crippen LogP contribution in [0.15, 0.2) is 23.1 Å². The Balaban J connectivity index is 2.23. The minimum Gasteiger partial charge on any atom is -0.330 e. The van der Waals surface area contributed by atoms with E-state index < -0.39 is 10.8 Å². The normalized spacial score (nSPS) is 29.2. The molecule has 0 bridgehead atoms. The van der Waals surface area contributed by atoms with Gasteiger partial charge in [-0.25, -0.2) is 0 Å². The molecule has 5 heteroatoms. The first-order valence-electron chi connectivity index (χ1n) is 6.58. The van der Waals surface area contributed by atoms with Crippen LogP contribution in [0.4, 0.5) is 0 Å². The minimum absolute atomic E-state index is 0.131. The molecule has 0 aromatic heterocycles. The highest BCUT2D eigenvalue weighted by molar-refractivity contribution is 7.85. The van der Waals surface area contributed by atoms with Crippen molar-refractivity contribution < 1.29 is 4.21 Å². The Morgan fingerprint density at radius 1 is 1.32 bits per heavy atom. The Kier molecular flexibility index (Phi) is 5.29. The fraction of sp³-hybridized carbons (Fsp3) is 0.571. The Morgan fingerprint density at radius 2 is 2.05 bits per heavy atom. The monoisotopic (exact) mass is 319 g/mol. The number of benzene rings is 1. The molecule has 4 atom stereocenters. The third-order valence-electron chi connectivity index (χ3n) is 3.89. The fourth-order valence-electron chi connectivity index (χ4n) is 2.70. The number of halogens is 2. The van der Waals surface area contributed by atoms with Crippen LogP contribution in [0.3, 0.4) is 0 Å². The molecule has 0 aliphatic heterocycles. The van der Waals surface area contributed by atoms with Crippen LogP contribution < -0.4 is 5.73 Å². The molecule has 1 fully saturated rings. The molecule has 0 spiro atoms. The van der Waals surface area contributed by atoms with Gasteiger partial charge in [-0.15, -0.1) is 0 Å². The number of rotatable bonds is 3. The van der Waals surface area contributed by atoms with Crippen LogP contribution in [0.25, 0.3) is 0 Å². The zero-order valence-electron chi connectivity index (χ0n) is 10.9. The standard InChI is InChI=1S/C14H19Cl2NOS/c1-9-2-3-10(8-17)14(6-9)19(18)11-4-5-12(15)13(16)7-11/h4-5,7,9-10,14H,2-3,6,8,17H2,1H3. The maximum Gasteiger partial charge on any atom is 0.0604 e. The largest absolute Gasteiger partial charge is 0.330 e. The lowest BCUT2D eigenvalue weighted by Crippen LogP contribution is -2.36. The van der Waals surface area contributed by atoms with Crippen molar-refractivity contribution in [2.75, 3.05) is 6.54 Å².